The van der Waals surface area contributed by atoms with Crippen molar-refractivity contribution in [2.45, 2.75) is 70.8 Å². The summed E-state index contributed by atoms with van der Waals surface area (Å²) in [5.74, 6) is 1.06. The Morgan fingerprint density at radius 3 is 2.72 bits per heavy atom. The van der Waals surface area contributed by atoms with Crippen molar-refractivity contribution in [3.8, 4) is 0 Å². The van der Waals surface area contributed by atoms with Crippen LogP contribution in [0.3, 0.4) is 0 Å². The summed E-state index contributed by atoms with van der Waals surface area (Å²) in [5.41, 5.74) is 0.351. The van der Waals surface area contributed by atoms with Gasteiger partial charge in [0.1, 0.15) is 0 Å². The molecular weight excluding hydrogens is 220 g/mol. The van der Waals surface area contributed by atoms with Crippen molar-refractivity contribution in [1.82, 2.24) is 10.2 Å². The minimum absolute atomic E-state index is 0.351. The highest BCUT2D eigenvalue weighted by Gasteiger charge is 2.26. The van der Waals surface area contributed by atoms with Crippen molar-refractivity contribution in [3.63, 3.8) is 0 Å². The zero-order chi connectivity index (χ0) is 12.8. The van der Waals surface area contributed by atoms with Crippen molar-refractivity contribution in [2.24, 2.45) is 5.92 Å². The normalized spacial score (nSPS) is 31.7. The second-order valence-electron chi connectivity index (χ2n) is 6.76. The average Bonchev–Trinajstić information content (AvgIpc) is 2.80. The largest absolute Gasteiger partial charge is 0.310 e. The molecule has 0 aromatic rings. The molecule has 2 nitrogen and oxygen atoms in total. The van der Waals surface area contributed by atoms with Gasteiger partial charge in [-0.3, -0.25) is 0 Å². The van der Waals surface area contributed by atoms with E-state index in [1.54, 1.807) is 0 Å². The molecule has 0 aromatic heterocycles. The Kier molecular flexibility index (Phi) is 5.50. The van der Waals surface area contributed by atoms with Crippen molar-refractivity contribution in [2.75, 3.05) is 26.2 Å². The maximum absolute atomic E-state index is 3.73. The fourth-order valence-electron chi connectivity index (χ4n) is 3.65. The zero-order valence-electron chi connectivity index (χ0n) is 12.5. The number of hydrogen-bond donors (Lipinski definition) is 1. The molecule has 1 saturated heterocycles. The number of nitrogens with zero attached hydrogens (tertiary/aromatic N) is 1. The third kappa shape index (κ3) is 4.24. The first-order valence-electron chi connectivity index (χ1n) is 8.19. The fraction of sp³-hybridized carbons (Fsp3) is 1.00. The lowest BCUT2D eigenvalue weighted by molar-refractivity contribution is 0.208. The highest BCUT2D eigenvalue weighted by molar-refractivity contribution is 4.88. The van der Waals surface area contributed by atoms with E-state index >= 15 is 0 Å². The lowest BCUT2D eigenvalue weighted by Gasteiger charge is -2.32. The average molecular weight is 252 g/mol. The van der Waals surface area contributed by atoms with Crippen LogP contribution in [0.15, 0.2) is 0 Å². The molecule has 2 heteroatoms. The Labute approximate surface area is 114 Å². The van der Waals surface area contributed by atoms with Crippen LogP contribution in [-0.4, -0.2) is 36.6 Å². The van der Waals surface area contributed by atoms with E-state index < -0.39 is 0 Å². The molecule has 1 unspecified atom stereocenters. The van der Waals surface area contributed by atoms with Gasteiger partial charge in [0.2, 0.25) is 0 Å². The van der Waals surface area contributed by atoms with Gasteiger partial charge in [0.25, 0.3) is 0 Å². The van der Waals surface area contributed by atoms with Crippen LogP contribution >= 0.6 is 0 Å². The molecule has 106 valence electrons. The molecule has 2 rings (SSSR count). The molecule has 0 spiro atoms. The van der Waals surface area contributed by atoms with Gasteiger partial charge in [0.15, 0.2) is 0 Å². The molecule has 1 atom stereocenters. The molecule has 2 fully saturated rings. The fourth-order valence-corrected chi connectivity index (χ4v) is 3.65. The van der Waals surface area contributed by atoms with E-state index in [2.05, 4.69) is 24.1 Å². The summed E-state index contributed by atoms with van der Waals surface area (Å²) < 4.78 is 0. The standard InChI is InChI=1S/C16H32N2/c1-3-16(2)14-18(13-7-11-17-16)12-6-10-15-8-4-5-9-15/h15,17H,3-14H2,1-2H3. The van der Waals surface area contributed by atoms with Crippen molar-refractivity contribution in [3.05, 3.63) is 0 Å². The summed E-state index contributed by atoms with van der Waals surface area (Å²) >= 11 is 0. The van der Waals surface area contributed by atoms with E-state index in [0.29, 0.717) is 5.54 Å². The Morgan fingerprint density at radius 2 is 2.00 bits per heavy atom. The molecule has 1 aliphatic heterocycles. The molecule has 0 radical (unpaired) electrons. The molecule has 1 aliphatic carbocycles. The van der Waals surface area contributed by atoms with Crippen molar-refractivity contribution >= 4 is 0 Å². The summed E-state index contributed by atoms with van der Waals surface area (Å²) in [6.07, 6.45) is 11.5. The lowest BCUT2D eigenvalue weighted by Crippen LogP contribution is -2.48. The molecule has 0 amide bonds. The van der Waals surface area contributed by atoms with E-state index in [4.69, 9.17) is 0 Å². The van der Waals surface area contributed by atoms with Gasteiger partial charge in [-0.2, -0.15) is 0 Å². The topological polar surface area (TPSA) is 15.3 Å². The van der Waals surface area contributed by atoms with Crippen molar-refractivity contribution in [1.29, 1.82) is 0 Å². The van der Waals surface area contributed by atoms with Crippen LogP contribution in [0.1, 0.15) is 65.2 Å². The van der Waals surface area contributed by atoms with Crippen LogP contribution < -0.4 is 5.32 Å². The highest BCUT2D eigenvalue weighted by Crippen LogP contribution is 2.28. The highest BCUT2D eigenvalue weighted by atomic mass is 15.2. The number of nitrogens with one attached hydrogen (secondary N) is 1. The predicted octanol–water partition coefficient (Wildman–Crippen LogP) is 3.42. The first kappa shape index (κ1) is 14.3. The Hall–Kier alpha value is -0.0800. The van der Waals surface area contributed by atoms with Gasteiger partial charge in [0, 0.05) is 12.1 Å². The van der Waals surface area contributed by atoms with Crippen LogP contribution in [0, 0.1) is 5.92 Å². The van der Waals surface area contributed by atoms with Crippen LogP contribution in [0.2, 0.25) is 0 Å². The first-order valence-corrected chi connectivity index (χ1v) is 8.19. The summed E-state index contributed by atoms with van der Waals surface area (Å²) in [4.78, 5) is 2.71. The van der Waals surface area contributed by atoms with E-state index in [-0.39, 0.29) is 0 Å². The maximum Gasteiger partial charge on any atom is 0.0277 e. The minimum atomic E-state index is 0.351. The van der Waals surface area contributed by atoms with Crippen LogP contribution in [0.25, 0.3) is 0 Å². The van der Waals surface area contributed by atoms with E-state index in [9.17, 15) is 0 Å². The molecule has 2 aliphatic rings. The summed E-state index contributed by atoms with van der Waals surface area (Å²) in [5, 5.41) is 3.73. The second-order valence-corrected chi connectivity index (χ2v) is 6.76. The summed E-state index contributed by atoms with van der Waals surface area (Å²) in [6.45, 7) is 9.77. The Morgan fingerprint density at radius 1 is 1.22 bits per heavy atom. The van der Waals surface area contributed by atoms with E-state index in [0.717, 1.165) is 5.92 Å². The zero-order valence-corrected chi connectivity index (χ0v) is 12.5. The lowest BCUT2D eigenvalue weighted by atomic mass is 9.98. The van der Waals surface area contributed by atoms with Gasteiger partial charge in [-0.05, 0) is 58.2 Å². The van der Waals surface area contributed by atoms with E-state index in [1.807, 2.05) is 0 Å². The van der Waals surface area contributed by atoms with Gasteiger partial charge < -0.3 is 10.2 Å². The van der Waals surface area contributed by atoms with Gasteiger partial charge in [-0.1, -0.05) is 32.6 Å². The van der Waals surface area contributed by atoms with Crippen LogP contribution in [-0.2, 0) is 0 Å². The van der Waals surface area contributed by atoms with Gasteiger partial charge in [0.05, 0.1) is 0 Å². The predicted molar refractivity (Wildman–Crippen MR) is 78.9 cm³/mol. The molecule has 1 N–H and O–H groups in total. The molecule has 0 aromatic carbocycles. The molecule has 18 heavy (non-hydrogen) atoms. The van der Waals surface area contributed by atoms with Gasteiger partial charge >= 0.3 is 0 Å². The molecule has 1 heterocycles. The van der Waals surface area contributed by atoms with Crippen LogP contribution in [0.5, 0.6) is 0 Å². The Bertz CT molecular complexity index is 235. The quantitative estimate of drug-likeness (QED) is 0.806. The monoisotopic (exact) mass is 252 g/mol. The SMILES string of the molecule is CCC1(C)CN(CCCC2CCCC2)CCCN1. The molecule has 0 bridgehead atoms. The smallest absolute Gasteiger partial charge is 0.0277 e. The summed E-state index contributed by atoms with van der Waals surface area (Å²) in [6, 6.07) is 0. The minimum Gasteiger partial charge on any atom is -0.310 e. The third-order valence-electron chi connectivity index (χ3n) is 5.12. The maximum atomic E-state index is 3.73. The van der Waals surface area contributed by atoms with Crippen molar-refractivity contribution < 1.29 is 0 Å². The molecular formula is C16H32N2. The molecule has 1 saturated carbocycles. The number of hydrogen-bond acceptors (Lipinski definition) is 2. The second kappa shape index (κ2) is 6.91. The first-order chi connectivity index (χ1) is 8.72. The number of rotatable bonds is 5. The van der Waals surface area contributed by atoms with E-state index in [1.165, 1.54) is 77.5 Å². The summed E-state index contributed by atoms with van der Waals surface area (Å²) in [7, 11) is 0. The van der Waals surface area contributed by atoms with Crippen LogP contribution in [0.4, 0.5) is 0 Å². The Balaban J connectivity index is 1.70. The van der Waals surface area contributed by atoms with Gasteiger partial charge in [-0.25, -0.2) is 0 Å². The third-order valence-corrected chi connectivity index (χ3v) is 5.12. The van der Waals surface area contributed by atoms with Gasteiger partial charge in [-0.15, -0.1) is 0 Å².